The molecular formula is C21H20FNS. The van der Waals surface area contributed by atoms with E-state index in [4.69, 9.17) is 0 Å². The van der Waals surface area contributed by atoms with Crippen LogP contribution >= 0.6 is 11.3 Å². The third-order valence-corrected chi connectivity index (χ3v) is 4.92. The van der Waals surface area contributed by atoms with Crippen LogP contribution in [0.1, 0.15) is 20.9 Å². The molecule has 0 aliphatic carbocycles. The van der Waals surface area contributed by atoms with Gasteiger partial charge in [-0.2, -0.15) is 0 Å². The lowest BCUT2D eigenvalue weighted by Crippen LogP contribution is -2.11. The third-order valence-electron chi connectivity index (χ3n) is 3.91. The lowest BCUT2D eigenvalue weighted by Gasteiger charge is -2.12. The summed E-state index contributed by atoms with van der Waals surface area (Å²) in [7, 11) is 0. The maximum atomic E-state index is 14.2. The molecule has 3 heteroatoms. The van der Waals surface area contributed by atoms with Crippen LogP contribution in [0, 0.1) is 19.7 Å². The SMILES string of the molecule is C=C(NCc1ccc(C)s1)c1cc(-c2cccc(C)c2)ccc1F. The fraction of sp³-hybridized carbons (Fsp3) is 0.143. The van der Waals surface area contributed by atoms with Crippen LogP contribution in [0.25, 0.3) is 16.8 Å². The lowest BCUT2D eigenvalue weighted by atomic mass is 10.00. The van der Waals surface area contributed by atoms with Crippen LogP contribution in [0.3, 0.4) is 0 Å². The molecule has 0 radical (unpaired) electrons. The van der Waals surface area contributed by atoms with Crippen molar-refractivity contribution >= 4 is 17.0 Å². The van der Waals surface area contributed by atoms with Crippen molar-refractivity contribution in [1.82, 2.24) is 5.32 Å². The van der Waals surface area contributed by atoms with Crippen LogP contribution in [0.2, 0.25) is 0 Å². The second-order valence-corrected chi connectivity index (χ2v) is 7.28. The third kappa shape index (κ3) is 3.74. The van der Waals surface area contributed by atoms with Crippen LogP contribution in [0.4, 0.5) is 4.39 Å². The zero-order valence-electron chi connectivity index (χ0n) is 13.9. The topological polar surface area (TPSA) is 12.0 Å². The molecule has 0 spiro atoms. The van der Waals surface area contributed by atoms with E-state index in [2.05, 4.69) is 50.0 Å². The van der Waals surface area contributed by atoms with E-state index in [0.29, 0.717) is 17.8 Å². The second-order valence-electron chi connectivity index (χ2n) is 5.91. The number of hydrogen-bond donors (Lipinski definition) is 1. The number of thiophene rings is 1. The van der Waals surface area contributed by atoms with Crippen molar-refractivity contribution in [3.63, 3.8) is 0 Å². The molecule has 2 aromatic carbocycles. The van der Waals surface area contributed by atoms with Gasteiger partial charge in [0.05, 0.1) is 0 Å². The Morgan fingerprint density at radius 1 is 1.04 bits per heavy atom. The minimum atomic E-state index is -0.258. The Hall–Kier alpha value is -2.39. The molecule has 0 atom stereocenters. The lowest BCUT2D eigenvalue weighted by molar-refractivity contribution is 0.622. The predicted octanol–water partition coefficient (Wildman–Crippen LogP) is 5.93. The van der Waals surface area contributed by atoms with Gasteiger partial charge in [0.25, 0.3) is 0 Å². The first kappa shape index (κ1) is 16.5. The van der Waals surface area contributed by atoms with Gasteiger partial charge in [-0.3, -0.25) is 0 Å². The second kappa shape index (κ2) is 7.02. The van der Waals surface area contributed by atoms with Crippen molar-refractivity contribution in [2.75, 3.05) is 0 Å². The van der Waals surface area contributed by atoms with Gasteiger partial charge in [-0.05, 0) is 49.2 Å². The maximum Gasteiger partial charge on any atom is 0.132 e. The Morgan fingerprint density at radius 3 is 2.54 bits per heavy atom. The van der Waals surface area contributed by atoms with Gasteiger partial charge >= 0.3 is 0 Å². The molecule has 1 aromatic heterocycles. The van der Waals surface area contributed by atoms with E-state index in [1.54, 1.807) is 11.3 Å². The van der Waals surface area contributed by atoms with E-state index in [-0.39, 0.29) is 5.82 Å². The van der Waals surface area contributed by atoms with Crippen LogP contribution < -0.4 is 5.32 Å². The zero-order valence-corrected chi connectivity index (χ0v) is 14.7. The van der Waals surface area contributed by atoms with E-state index < -0.39 is 0 Å². The van der Waals surface area contributed by atoms with Crippen molar-refractivity contribution < 1.29 is 4.39 Å². The summed E-state index contributed by atoms with van der Waals surface area (Å²) in [5.41, 5.74) is 4.38. The minimum absolute atomic E-state index is 0.258. The van der Waals surface area contributed by atoms with Crippen molar-refractivity contribution in [3.8, 4) is 11.1 Å². The fourth-order valence-corrected chi connectivity index (χ4v) is 3.46. The molecule has 1 nitrogen and oxygen atoms in total. The summed E-state index contributed by atoms with van der Waals surface area (Å²) in [5.74, 6) is -0.258. The molecule has 0 amide bonds. The number of rotatable bonds is 5. The molecule has 0 aliphatic heterocycles. The standard InChI is InChI=1S/C21H20FNS/c1-14-5-4-6-17(11-14)18-8-10-21(22)20(12-18)16(3)23-13-19-9-7-15(2)24-19/h4-12,23H,3,13H2,1-2H3. The number of aryl methyl sites for hydroxylation is 2. The first-order chi connectivity index (χ1) is 11.5. The normalized spacial score (nSPS) is 10.6. The minimum Gasteiger partial charge on any atom is -0.380 e. The van der Waals surface area contributed by atoms with Gasteiger partial charge in [-0.1, -0.05) is 42.5 Å². The highest BCUT2D eigenvalue weighted by atomic mass is 32.1. The average molecular weight is 337 g/mol. The number of nitrogens with one attached hydrogen (secondary N) is 1. The van der Waals surface area contributed by atoms with Gasteiger partial charge in [0.2, 0.25) is 0 Å². The van der Waals surface area contributed by atoms with E-state index in [1.807, 2.05) is 24.3 Å². The summed E-state index contributed by atoms with van der Waals surface area (Å²) >= 11 is 1.73. The molecule has 0 saturated carbocycles. The van der Waals surface area contributed by atoms with Crippen molar-refractivity contribution in [2.45, 2.75) is 20.4 Å². The highest BCUT2D eigenvalue weighted by Crippen LogP contribution is 2.26. The molecule has 3 aromatic rings. The summed E-state index contributed by atoms with van der Waals surface area (Å²) in [5, 5.41) is 3.24. The average Bonchev–Trinajstić information content (AvgIpc) is 2.98. The molecule has 0 unspecified atom stereocenters. The maximum absolute atomic E-state index is 14.2. The molecule has 0 bridgehead atoms. The molecule has 0 saturated heterocycles. The summed E-state index contributed by atoms with van der Waals surface area (Å²) < 4.78 is 14.2. The molecule has 0 fully saturated rings. The first-order valence-electron chi connectivity index (χ1n) is 7.88. The van der Waals surface area contributed by atoms with Crippen molar-refractivity contribution in [3.05, 3.63) is 87.9 Å². The van der Waals surface area contributed by atoms with E-state index >= 15 is 0 Å². The van der Waals surface area contributed by atoms with Gasteiger partial charge in [0.15, 0.2) is 0 Å². The Bertz CT molecular complexity index is 879. The van der Waals surface area contributed by atoms with Crippen LogP contribution in [0.5, 0.6) is 0 Å². The van der Waals surface area contributed by atoms with Crippen molar-refractivity contribution in [2.24, 2.45) is 0 Å². The Kier molecular flexibility index (Phi) is 4.81. The summed E-state index contributed by atoms with van der Waals surface area (Å²) in [6.07, 6.45) is 0. The highest BCUT2D eigenvalue weighted by molar-refractivity contribution is 7.11. The van der Waals surface area contributed by atoms with Gasteiger partial charge in [0, 0.05) is 27.6 Å². The number of halogens is 1. The molecular weight excluding hydrogens is 317 g/mol. The molecule has 122 valence electrons. The summed E-state index contributed by atoms with van der Waals surface area (Å²) in [4.78, 5) is 2.48. The van der Waals surface area contributed by atoms with E-state index in [1.165, 1.54) is 21.4 Å². The Balaban J connectivity index is 1.81. The molecule has 1 N–H and O–H groups in total. The largest absolute Gasteiger partial charge is 0.380 e. The van der Waals surface area contributed by atoms with Gasteiger partial charge < -0.3 is 5.32 Å². The van der Waals surface area contributed by atoms with Crippen LogP contribution in [-0.2, 0) is 6.54 Å². The summed E-state index contributed by atoms with van der Waals surface area (Å²) in [6.45, 7) is 8.80. The van der Waals surface area contributed by atoms with Crippen LogP contribution in [0.15, 0.2) is 61.2 Å². The molecule has 24 heavy (non-hydrogen) atoms. The number of hydrogen-bond acceptors (Lipinski definition) is 2. The van der Waals surface area contributed by atoms with Crippen LogP contribution in [-0.4, -0.2) is 0 Å². The van der Waals surface area contributed by atoms with Gasteiger partial charge in [-0.25, -0.2) is 4.39 Å². The summed E-state index contributed by atoms with van der Waals surface area (Å²) in [6, 6.07) is 17.6. The van der Waals surface area contributed by atoms with E-state index in [0.717, 1.165) is 11.1 Å². The van der Waals surface area contributed by atoms with Crippen molar-refractivity contribution in [1.29, 1.82) is 0 Å². The highest BCUT2D eigenvalue weighted by Gasteiger charge is 2.09. The molecule has 3 rings (SSSR count). The Labute approximate surface area is 146 Å². The fourth-order valence-electron chi connectivity index (χ4n) is 2.63. The molecule has 1 heterocycles. The smallest absolute Gasteiger partial charge is 0.132 e. The Morgan fingerprint density at radius 2 is 1.83 bits per heavy atom. The van der Waals surface area contributed by atoms with Gasteiger partial charge in [0.1, 0.15) is 5.82 Å². The molecule has 0 aliphatic rings. The zero-order chi connectivity index (χ0) is 17.1. The quantitative estimate of drug-likeness (QED) is 0.608. The first-order valence-corrected chi connectivity index (χ1v) is 8.69. The predicted molar refractivity (Wildman–Crippen MR) is 102 cm³/mol. The monoisotopic (exact) mass is 337 g/mol. The van der Waals surface area contributed by atoms with Gasteiger partial charge in [-0.15, -0.1) is 11.3 Å². The van der Waals surface area contributed by atoms with E-state index in [9.17, 15) is 4.39 Å². The number of benzene rings is 2.